The van der Waals surface area contributed by atoms with E-state index in [0.29, 0.717) is 0 Å². The molecule has 62 valence electrons. The van der Waals surface area contributed by atoms with Gasteiger partial charge in [-0.1, -0.05) is 25.0 Å². The first kappa shape index (κ1) is 10.3. The van der Waals surface area contributed by atoms with Crippen LogP contribution in [0.4, 0.5) is 0 Å². The Balaban J connectivity index is 4.09. The predicted octanol–water partition coefficient (Wildman–Crippen LogP) is 1.97. The molecule has 0 amide bonds. The van der Waals surface area contributed by atoms with Gasteiger partial charge in [0.1, 0.15) is 6.10 Å². The first-order valence-corrected chi connectivity index (χ1v) is 3.99. The molecule has 0 bridgehead atoms. The quantitative estimate of drug-likeness (QED) is 0.484. The number of hydrogen-bond donors (Lipinski definition) is 1. The fraction of sp³-hybridized carbons (Fsp3) is 0.600. The van der Waals surface area contributed by atoms with Crippen molar-refractivity contribution in [2.75, 3.05) is 0 Å². The molecule has 11 heavy (non-hydrogen) atoms. The minimum atomic E-state index is -0.499. The maximum absolute atomic E-state index is 9.42. The van der Waals surface area contributed by atoms with E-state index < -0.39 is 6.10 Å². The van der Waals surface area contributed by atoms with E-state index in [-0.39, 0.29) is 5.92 Å². The number of allylic oxidation sites excluding steroid dienone is 1. The Morgan fingerprint density at radius 3 is 2.55 bits per heavy atom. The Morgan fingerprint density at radius 2 is 2.18 bits per heavy atom. The molecule has 0 saturated heterocycles. The van der Waals surface area contributed by atoms with Gasteiger partial charge < -0.3 is 5.11 Å². The summed E-state index contributed by atoms with van der Waals surface area (Å²) in [6.45, 7) is 5.74. The smallest absolute Gasteiger partial charge is 0.120 e. The Hall–Kier alpha value is -0.740. The van der Waals surface area contributed by atoms with Crippen LogP contribution in [-0.2, 0) is 0 Å². The molecule has 1 N–H and O–H groups in total. The largest absolute Gasteiger partial charge is 0.380 e. The summed E-state index contributed by atoms with van der Waals surface area (Å²) < 4.78 is 0. The molecule has 0 aromatic heterocycles. The van der Waals surface area contributed by atoms with Crippen LogP contribution in [0.25, 0.3) is 0 Å². The molecule has 0 rings (SSSR count). The van der Waals surface area contributed by atoms with Gasteiger partial charge >= 0.3 is 0 Å². The van der Waals surface area contributed by atoms with E-state index in [2.05, 4.69) is 11.8 Å². The van der Waals surface area contributed by atoms with E-state index in [1.54, 1.807) is 6.92 Å². The van der Waals surface area contributed by atoms with Crippen LogP contribution < -0.4 is 0 Å². The van der Waals surface area contributed by atoms with Crippen molar-refractivity contribution < 1.29 is 5.11 Å². The lowest BCUT2D eigenvalue weighted by Gasteiger charge is -2.11. The Labute approximate surface area is 69.1 Å². The van der Waals surface area contributed by atoms with Gasteiger partial charge in [0.25, 0.3) is 0 Å². The average Bonchev–Trinajstić information content (AvgIpc) is 2.00. The van der Waals surface area contributed by atoms with Gasteiger partial charge in [0, 0.05) is 5.92 Å². The van der Waals surface area contributed by atoms with Gasteiger partial charge in [-0.15, -0.1) is 5.92 Å². The van der Waals surface area contributed by atoms with E-state index >= 15 is 0 Å². The molecule has 0 aliphatic heterocycles. The molecule has 1 nitrogen and oxygen atoms in total. The second kappa shape index (κ2) is 6.00. The zero-order chi connectivity index (χ0) is 8.69. The summed E-state index contributed by atoms with van der Waals surface area (Å²) in [5.41, 5.74) is 0. The van der Waals surface area contributed by atoms with Crippen LogP contribution in [0.15, 0.2) is 12.2 Å². The van der Waals surface area contributed by atoms with Gasteiger partial charge in [0.2, 0.25) is 0 Å². The summed E-state index contributed by atoms with van der Waals surface area (Å²) in [6, 6.07) is 0. The molecule has 0 aromatic carbocycles. The number of hydrogen-bond acceptors (Lipinski definition) is 1. The van der Waals surface area contributed by atoms with E-state index in [0.717, 1.165) is 6.42 Å². The van der Waals surface area contributed by atoms with Gasteiger partial charge in [0.05, 0.1) is 0 Å². The Morgan fingerprint density at radius 1 is 1.55 bits per heavy atom. The molecular formula is C10H16O. The van der Waals surface area contributed by atoms with Gasteiger partial charge in [-0.25, -0.2) is 0 Å². The number of rotatable bonds is 3. The van der Waals surface area contributed by atoms with Gasteiger partial charge in [-0.3, -0.25) is 0 Å². The van der Waals surface area contributed by atoms with Crippen molar-refractivity contribution in [2.45, 2.75) is 33.3 Å². The first-order valence-electron chi connectivity index (χ1n) is 3.99. The highest BCUT2D eigenvalue weighted by atomic mass is 16.3. The lowest BCUT2D eigenvalue weighted by molar-refractivity contribution is 0.183. The number of aliphatic hydroxyl groups excluding tert-OH is 1. The molecule has 1 heteroatoms. The zero-order valence-corrected chi connectivity index (χ0v) is 7.46. The summed E-state index contributed by atoms with van der Waals surface area (Å²) in [6.07, 6.45) is 4.38. The highest BCUT2D eigenvalue weighted by Crippen LogP contribution is 2.09. The third-order valence-electron chi connectivity index (χ3n) is 1.61. The van der Waals surface area contributed by atoms with Crippen LogP contribution >= 0.6 is 0 Å². The second-order valence-corrected chi connectivity index (χ2v) is 2.44. The fourth-order valence-corrected chi connectivity index (χ4v) is 0.967. The van der Waals surface area contributed by atoms with Crippen LogP contribution in [-0.4, -0.2) is 11.2 Å². The molecule has 0 aliphatic carbocycles. The normalized spacial score (nSPS) is 15.6. The lowest BCUT2D eigenvalue weighted by atomic mass is 9.99. The van der Waals surface area contributed by atoms with Crippen molar-refractivity contribution in [2.24, 2.45) is 5.92 Å². The number of aliphatic hydroxyl groups is 1. The molecule has 2 atom stereocenters. The molecule has 0 radical (unpaired) electrons. The molecule has 0 heterocycles. The fourth-order valence-electron chi connectivity index (χ4n) is 0.967. The van der Waals surface area contributed by atoms with Crippen molar-refractivity contribution in [3.63, 3.8) is 0 Å². The van der Waals surface area contributed by atoms with Gasteiger partial charge in [0.15, 0.2) is 0 Å². The van der Waals surface area contributed by atoms with Crippen molar-refractivity contribution in [1.29, 1.82) is 0 Å². The van der Waals surface area contributed by atoms with Crippen molar-refractivity contribution in [3.05, 3.63) is 12.2 Å². The molecule has 0 spiro atoms. The van der Waals surface area contributed by atoms with Crippen molar-refractivity contribution >= 4 is 0 Å². The van der Waals surface area contributed by atoms with Gasteiger partial charge in [-0.05, 0) is 20.3 Å². The average molecular weight is 152 g/mol. The van der Waals surface area contributed by atoms with E-state index in [1.165, 1.54) is 0 Å². The Kier molecular flexibility index (Phi) is 5.60. The van der Waals surface area contributed by atoms with Crippen LogP contribution in [0.5, 0.6) is 0 Å². The molecule has 0 aliphatic rings. The van der Waals surface area contributed by atoms with Crippen molar-refractivity contribution in [3.8, 4) is 11.8 Å². The monoisotopic (exact) mass is 152 g/mol. The Bertz CT molecular complexity index is 171. The minimum absolute atomic E-state index is 0.187. The van der Waals surface area contributed by atoms with E-state index in [4.69, 9.17) is 0 Å². The van der Waals surface area contributed by atoms with Crippen LogP contribution in [0, 0.1) is 17.8 Å². The van der Waals surface area contributed by atoms with Crippen molar-refractivity contribution in [1.82, 2.24) is 0 Å². The molecule has 0 saturated carbocycles. The first-order chi connectivity index (χ1) is 5.26. The van der Waals surface area contributed by atoms with Crippen LogP contribution in [0.3, 0.4) is 0 Å². The minimum Gasteiger partial charge on any atom is -0.380 e. The van der Waals surface area contributed by atoms with Gasteiger partial charge in [-0.2, -0.15) is 0 Å². The SMILES string of the molecule is CC#C[C@H](O)[C@H](/C=C/C)CC. The summed E-state index contributed by atoms with van der Waals surface area (Å²) in [4.78, 5) is 0. The standard InChI is InChI=1S/C10H16O/c1-4-7-9(6-3)10(11)8-5-2/h4,7,9-11H,6H2,1-3H3/b7-4+/t9-,10-/m0/s1. The third-order valence-corrected chi connectivity index (χ3v) is 1.61. The highest BCUT2D eigenvalue weighted by Gasteiger charge is 2.09. The zero-order valence-electron chi connectivity index (χ0n) is 7.46. The van der Waals surface area contributed by atoms with Crippen LogP contribution in [0.2, 0.25) is 0 Å². The molecule has 0 unspecified atom stereocenters. The molecular weight excluding hydrogens is 136 g/mol. The summed E-state index contributed by atoms with van der Waals surface area (Å²) in [5, 5.41) is 9.42. The lowest BCUT2D eigenvalue weighted by Crippen LogP contribution is -2.15. The third kappa shape index (κ3) is 3.85. The maximum atomic E-state index is 9.42. The topological polar surface area (TPSA) is 20.2 Å². The highest BCUT2D eigenvalue weighted by molar-refractivity contribution is 5.07. The predicted molar refractivity (Wildman–Crippen MR) is 48.1 cm³/mol. The summed E-state index contributed by atoms with van der Waals surface area (Å²) in [5.74, 6) is 5.63. The second-order valence-electron chi connectivity index (χ2n) is 2.44. The van der Waals surface area contributed by atoms with E-state index in [9.17, 15) is 5.11 Å². The molecule has 0 fully saturated rings. The van der Waals surface area contributed by atoms with Crippen LogP contribution in [0.1, 0.15) is 27.2 Å². The summed E-state index contributed by atoms with van der Waals surface area (Å²) >= 11 is 0. The molecule has 0 aromatic rings. The maximum Gasteiger partial charge on any atom is 0.120 e. The van der Waals surface area contributed by atoms with E-state index in [1.807, 2.05) is 26.0 Å². The summed E-state index contributed by atoms with van der Waals surface area (Å²) in [7, 11) is 0.